The molecule has 0 spiro atoms. The van der Waals surface area contributed by atoms with Gasteiger partial charge >= 0.3 is 0 Å². The largest absolute Gasteiger partial charge is 0.292 e. The normalized spacial score (nSPS) is 10.1. The Bertz CT molecular complexity index is 563. The van der Waals surface area contributed by atoms with Gasteiger partial charge in [-0.3, -0.25) is 9.52 Å². The molecular weight excluding hydrogens is 291 g/mol. The third-order valence-corrected chi connectivity index (χ3v) is 3.36. The van der Waals surface area contributed by atoms with E-state index in [1.165, 1.54) is 18.0 Å². The minimum atomic E-state index is -0.307. The standard InChI is InChI=1S/C12H8Cl2N2OS/c13-10-7-6-9(11(14)15-10)12(17)16-18-8-4-2-1-3-5-8/h1-7H,(H,16,17). The number of carbonyl (C=O) groups excluding carboxylic acids is 1. The molecule has 92 valence electrons. The van der Waals surface area contributed by atoms with E-state index in [-0.39, 0.29) is 16.2 Å². The maximum absolute atomic E-state index is 11.9. The Labute approximate surface area is 119 Å². The fraction of sp³-hybridized carbons (Fsp3) is 0. The highest BCUT2D eigenvalue weighted by molar-refractivity contribution is 7.98. The van der Waals surface area contributed by atoms with Gasteiger partial charge in [0.1, 0.15) is 10.3 Å². The number of hydrogen-bond acceptors (Lipinski definition) is 3. The Balaban J connectivity index is 2.04. The summed E-state index contributed by atoms with van der Waals surface area (Å²) in [4.78, 5) is 16.6. The molecule has 18 heavy (non-hydrogen) atoms. The van der Waals surface area contributed by atoms with Crippen LogP contribution in [0.15, 0.2) is 47.4 Å². The van der Waals surface area contributed by atoms with Crippen molar-refractivity contribution in [3.8, 4) is 0 Å². The Morgan fingerprint density at radius 2 is 1.83 bits per heavy atom. The molecule has 1 aromatic heterocycles. The molecule has 0 radical (unpaired) electrons. The van der Waals surface area contributed by atoms with Crippen LogP contribution in [0.4, 0.5) is 0 Å². The average Bonchev–Trinajstić information content (AvgIpc) is 2.37. The molecule has 0 aliphatic heterocycles. The average molecular weight is 299 g/mol. The molecule has 3 nitrogen and oxygen atoms in total. The number of halogens is 2. The van der Waals surface area contributed by atoms with Gasteiger partial charge in [0.15, 0.2) is 0 Å². The lowest BCUT2D eigenvalue weighted by Crippen LogP contribution is -2.16. The van der Waals surface area contributed by atoms with Crippen molar-refractivity contribution in [2.45, 2.75) is 4.90 Å². The third-order valence-electron chi connectivity index (χ3n) is 2.06. The van der Waals surface area contributed by atoms with Gasteiger partial charge in [0.05, 0.1) is 5.56 Å². The Hall–Kier alpha value is -1.23. The molecule has 1 amide bonds. The van der Waals surface area contributed by atoms with E-state index < -0.39 is 0 Å². The van der Waals surface area contributed by atoms with E-state index in [4.69, 9.17) is 23.2 Å². The number of nitrogens with zero attached hydrogens (tertiary/aromatic N) is 1. The van der Waals surface area contributed by atoms with E-state index >= 15 is 0 Å². The van der Waals surface area contributed by atoms with Crippen LogP contribution in [0, 0.1) is 0 Å². The number of amides is 1. The monoisotopic (exact) mass is 298 g/mol. The van der Waals surface area contributed by atoms with Crippen molar-refractivity contribution >= 4 is 41.1 Å². The highest BCUT2D eigenvalue weighted by Gasteiger charge is 2.11. The Morgan fingerprint density at radius 3 is 2.50 bits per heavy atom. The lowest BCUT2D eigenvalue weighted by atomic mass is 10.3. The molecule has 0 aliphatic rings. The quantitative estimate of drug-likeness (QED) is 0.692. The number of rotatable bonds is 3. The van der Waals surface area contributed by atoms with Crippen molar-refractivity contribution in [1.82, 2.24) is 9.71 Å². The summed E-state index contributed by atoms with van der Waals surface area (Å²) in [6.07, 6.45) is 0. The molecule has 6 heteroatoms. The molecule has 2 aromatic rings. The predicted octanol–water partition coefficient (Wildman–Crippen LogP) is 3.83. The van der Waals surface area contributed by atoms with Crippen LogP contribution in [-0.4, -0.2) is 10.9 Å². The van der Waals surface area contributed by atoms with Crippen molar-refractivity contribution in [3.05, 3.63) is 58.3 Å². The van der Waals surface area contributed by atoms with E-state index in [1.54, 1.807) is 6.07 Å². The fourth-order valence-electron chi connectivity index (χ4n) is 1.23. The number of benzene rings is 1. The summed E-state index contributed by atoms with van der Waals surface area (Å²) < 4.78 is 2.69. The lowest BCUT2D eigenvalue weighted by Gasteiger charge is -2.05. The number of carbonyl (C=O) groups is 1. The Kier molecular flexibility index (Phi) is 4.47. The molecule has 0 saturated carbocycles. The third kappa shape index (κ3) is 3.38. The second kappa shape index (κ2) is 6.09. The van der Waals surface area contributed by atoms with E-state index in [1.807, 2.05) is 30.3 Å². The maximum Gasteiger partial charge on any atom is 0.264 e. The van der Waals surface area contributed by atoms with Crippen molar-refractivity contribution in [1.29, 1.82) is 0 Å². The first-order valence-corrected chi connectivity index (χ1v) is 6.58. The second-order valence-electron chi connectivity index (χ2n) is 3.32. The first kappa shape index (κ1) is 13.2. The molecule has 1 N–H and O–H groups in total. The van der Waals surface area contributed by atoms with E-state index in [9.17, 15) is 4.79 Å². The summed E-state index contributed by atoms with van der Waals surface area (Å²) >= 11 is 12.7. The predicted molar refractivity (Wildman–Crippen MR) is 74.0 cm³/mol. The summed E-state index contributed by atoms with van der Waals surface area (Å²) in [5.41, 5.74) is 0.296. The molecule has 2 rings (SSSR count). The highest BCUT2D eigenvalue weighted by atomic mass is 35.5. The summed E-state index contributed by atoms with van der Waals surface area (Å²) in [5.74, 6) is -0.307. The van der Waals surface area contributed by atoms with Crippen LogP contribution in [0.25, 0.3) is 0 Å². The van der Waals surface area contributed by atoms with Crippen LogP contribution < -0.4 is 4.72 Å². The fourth-order valence-corrected chi connectivity index (χ4v) is 2.27. The van der Waals surface area contributed by atoms with Crippen LogP contribution in [0.2, 0.25) is 10.3 Å². The summed E-state index contributed by atoms with van der Waals surface area (Å²) in [6, 6.07) is 12.6. The Morgan fingerprint density at radius 1 is 1.11 bits per heavy atom. The van der Waals surface area contributed by atoms with Crippen LogP contribution in [0.3, 0.4) is 0 Å². The van der Waals surface area contributed by atoms with Gasteiger partial charge < -0.3 is 0 Å². The molecule has 0 aliphatic carbocycles. The molecule has 1 aromatic carbocycles. The van der Waals surface area contributed by atoms with Crippen LogP contribution in [0.5, 0.6) is 0 Å². The SMILES string of the molecule is O=C(NSc1ccccc1)c1ccc(Cl)nc1Cl. The number of pyridine rings is 1. The molecule has 1 heterocycles. The number of hydrogen-bond donors (Lipinski definition) is 1. The summed E-state index contributed by atoms with van der Waals surface area (Å²) in [5, 5.41) is 0.348. The zero-order valence-corrected chi connectivity index (χ0v) is 11.4. The summed E-state index contributed by atoms with van der Waals surface area (Å²) in [7, 11) is 0. The maximum atomic E-state index is 11.9. The first-order valence-electron chi connectivity index (χ1n) is 5.01. The topological polar surface area (TPSA) is 42.0 Å². The first-order chi connectivity index (χ1) is 8.66. The van der Waals surface area contributed by atoms with Crippen molar-refractivity contribution in [3.63, 3.8) is 0 Å². The van der Waals surface area contributed by atoms with Gasteiger partial charge in [-0.15, -0.1) is 0 Å². The molecular formula is C12H8Cl2N2OS. The second-order valence-corrected chi connectivity index (χ2v) is 4.94. The van der Waals surface area contributed by atoms with Gasteiger partial charge in [-0.1, -0.05) is 41.4 Å². The van der Waals surface area contributed by atoms with Gasteiger partial charge in [0.25, 0.3) is 5.91 Å². The van der Waals surface area contributed by atoms with Crippen molar-refractivity contribution in [2.24, 2.45) is 0 Å². The smallest absolute Gasteiger partial charge is 0.264 e. The number of nitrogens with one attached hydrogen (secondary N) is 1. The molecule has 0 unspecified atom stereocenters. The molecule has 0 saturated heterocycles. The van der Waals surface area contributed by atoms with E-state index in [2.05, 4.69) is 9.71 Å². The van der Waals surface area contributed by atoms with Crippen molar-refractivity contribution in [2.75, 3.05) is 0 Å². The minimum absolute atomic E-state index is 0.0914. The van der Waals surface area contributed by atoms with Gasteiger partial charge in [0.2, 0.25) is 0 Å². The minimum Gasteiger partial charge on any atom is -0.292 e. The zero-order chi connectivity index (χ0) is 13.0. The lowest BCUT2D eigenvalue weighted by molar-refractivity contribution is 0.0984. The molecule has 0 bridgehead atoms. The molecule has 0 atom stereocenters. The van der Waals surface area contributed by atoms with Gasteiger partial charge in [-0.05, 0) is 36.2 Å². The molecule has 0 fully saturated rings. The van der Waals surface area contributed by atoms with E-state index in [0.717, 1.165) is 4.90 Å². The van der Waals surface area contributed by atoms with Crippen LogP contribution >= 0.6 is 35.1 Å². The van der Waals surface area contributed by atoms with E-state index in [0.29, 0.717) is 5.56 Å². The van der Waals surface area contributed by atoms with Gasteiger partial charge in [-0.2, -0.15) is 0 Å². The van der Waals surface area contributed by atoms with Crippen molar-refractivity contribution < 1.29 is 4.79 Å². The van der Waals surface area contributed by atoms with Gasteiger partial charge in [0, 0.05) is 4.90 Å². The van der Waals surface area contributed by atoms with Crippen LogP contribution in [-0.2, 0) is 0 Å². The highest BCUT2D eigenvalue weighted by Crippen LogP contribution is 2.19. The van der Waals surface area contributed by atoms with Gasteiger partial charge in [-0.25, -0.2) is 4.98 Å². The zero-order valence-electron chi connectivity index (χ0n) is 9.06. The summed E-state index contributed by atoms with van der Waals surface area (Å²) in [6.45, 7) is 0. The number of aromatic nitrogens is 1. The van der Waals surface area contributed by atoms with Crippen LogP contribution in [0.1, 0.15) is 10.4 Å².